The summed E-state index contributed by atoms with van der Waals surface area (Å²) in [5.41, 5.74) is 1.13. The largest absolute Gasteiger partial charge is 0.419 e. The van der Waals surface area contributed by atoms with E-state index >= 15 is 0 Å². The second kappa shape index (κ2) is 7.50. The topological polar surface area (TPSA) is 59.2 Å². The van der Waals surface area contributed by atoms with E-state index in [9.17, 15) is 4.79 Å². The maximum absolute atomic E-state index is 13.0. The SMILES string of the molecule is O=C(c1cccc(Cl)c1Cl)N(Cc1nnc(-c2ccc(Cl)cc2)o1)C1CC1. The summed E-state index contributed by atoms with van der Waals surface area (Å²) < 4.78 is 5.74. The zero-order valence-electron chi connectivity index (χ0n) is 14.0. The maximum atomic E-state index is 13.0. The average molecular weight is 423 g/mol. The molecule has 0 bridgehead atoms. The molecule has 27 heavy (non-hydrogen) atoms. The fraction of sp³-hybridized carbons (Fsp3) is 0.211. The fourth-order valence-corrected chi connectivity index (χ4v) is 3.26. The number of benzene rings is 2. The number of carbonyl (C=O) groups excluding carboxylic acids is 1. The lowest BCUT2D eigenvalue weighted by Crippen LogP contribution is -2.33. The van der Waals surface area contributed by atoms with Crippen LogP contribution in [0.3, 0.4) is 0 Å². The minimum absolute atomic E-state index is 0.137. The van der Waals surface area contributed by atoms with Crippen LogP contribution >= 0.6 is 34.8 Å². The Morgan fingerprint density at radius 3 is 2.52 bits per heavy atom. The molecule has 2 aromatic carbocycles. The van der Waals surface area contributed by atoms with E-state index in [0.29, 0.717) is 27.4 Å². The first kappa shape index (κ1) is 18.3. The first-order valence-electron chi connectivity index (χ1n) is 8.36. The Morgan fingerprint density at radius 2 is 1.81 bits per heavy atom. The molecule has 1 aromatic heterocycles. The molecule has 1 saturated carbocycles. The lowest BCUT2D eigenvalue weighted by Gasteiger charge is -2.21. The van der Waals surface area contributed by atoms with E-state index in [-0.39, 0.29) is 23.5 Å². The third-order valence-electron chi connectivity index (χ3n) is 4.29. The minimum atomic E-state index is -0.198. The third-order valence-corrected chi connectivity index (χ3v) is 5.37. The predicted octanol–water partition coefficient (Wildman–Crippen LogP) is 5.50. The van der Waals surface area contributed by atoms with Crippen LogP contribution in [0.4, 0.5) is 0 Å². The number of hydrogen-bond acceptors (Lipinski definition) is 4. The Labute approximate surface area is 170 Å². The Bertz CT molecular complexity index is 984. The van der Waals surface area contributed by atoms with Crippen LogP contribution in [0, 0.1) is 0 Å². The van der Waals surface area contributed by atoms with Crippen LogP contribution in [0.25, 0.3) is 11.5 Å². The van der Waals surface area contributed by atoms with Crippen molar-refractivity contribution in [2.75, 3.05) is 0 Å². The summed E-state index contributed by atoms with van der Waals surface area (Å²) in [6, 6.07) is 12.3. The highest BCUT2D eigenvalue weighted by Gasteiger charge is 2.35. The normalized spacial score (nSPS) is 13.6. The molecule has 0 atom stereocenters. The Morgan fingerprint density at radius 1 is 1.07 bits per heavy atom. The molecular weight excluding hydrogens is 409 g/mol. The predicted molar refractivity (Wildman–Crippen MR) is 104 cm³/mol. The molecule has 1 aliphatic carbocycles. The molecule has 3 aromatic rings. The number of amides is 1. The van der Waals surface area contributed by atoms with Gasteiger partial charge < -0.3 is 9.32 Å². The van der Waals surface area contributed by atoms with Gasteiger partial charge >= 0.3 is 0 Å². The zero-order valence-corrected chi connectivity index (χ0v) is 16.3. The monoisotopic (exact) mass is 421 g/mol. The van der Waals surface area contributed by atoms with Crippen molar-refractivity contribution >= 4 is 40.7 Å². The number of aromatic nitrogens is 2. The summed E-state index contributed by atoms with van der Waals surface area (Å²) in [4.78, 5) is 14.7. The van der Waals surface area contributed by atoms with Gasteiger partial charge in [-0.25, -0.2) is 0 Å². The van der Waals surface area contributed by atoms with Crippen molar-refractivity contribution in [3.8, 4) is 11.5 Å². The molecule has 8 heteroatoms. The van der Waals surface area contributed by atoms with Gasteiger partial charge in [0.1, 0.15) is 0 Å². The van der Waals surface area contributed by atoms with E-state index in [0.717, 1.165) is 18.4 Å². The number of nitrogens with zero attached hydrogens (tertiary/aromatic N) is 3. The standard InChI is InChI=1S/C19H14Cl3N3O2/c20-12-6-4-11(5-7-12)18-24-23-16(27-18)10-25(13-8-9-13)19(26)14-2-1-3-15(21)17(14)22/h1-7,13H,8-10H2. The van der Waals surface area contributed by atoms with Gasteiger partial charge in [0.2, 0.25) is 11.8 Å². The number of halogens is 3. The highest BCUT2D eigenvalue weighted by Crippen LogP contribution is 2.33. The van der Waals surface area contributed by atoms with Crippen molar-refractivity contribution in [2.45, 2.75) is 25.4 Å². The van der Waals surface area contributed by atoms with Gasteiger partial charge in [-0.15, -0.1) is 10.2 Å². The Balaban J connectivity index is 1.57. The molecule has 0 N–H and O–H groups in total. The Kier molecular flexibility index (Phi) is 5.08. The molecule has 5 nitrogen and oxygen atoms in total. The summed E-state index contributed by atoms with van der Waals surface area (Å²) in [5.74, 6) is 0.542. The molecule has 1 heterocycles. The zero-order chi connectivity index (χ0) is 19.0. The van der Waals surface area contributed by atoms with E-state index in [4.69, 9.17) is 39.2 Å². The van der Waals surface area contributed by atoms with Gasteiger partial charge in [-0.05, 0) is 49.2 Å². The van der Waals surface area contributed by atoms with E-state index in [2.05, 4.69) is 10.2 Å². The van der Waals surface area contributed by atoms with Crippen molar-refractivity contribution < 1.29 is 9.21 Å². The minimum Gasteiger partial charge on any atom is -0.419 e. The van der Waals surface area contributed by atoms with Gasteiger partial charge in [0.05, 0.1) is 22.2 Å². The third kappa shape index (κ3) is 3.95. The molecule has 1 amide bonds. The summed E-state index contributed by atoms with van der Waals surface area (Å²) in [6.45, 7) is 0.215. The van der Waals surface area contributed by atoms with Crippen LogP contribution < -0.4 is 0 Å². The second-order valence-corrected chi connectivity index (χ2v) is 7.50. The van der Waals surface area contributed by atoms with Gasteiger partial charge in [0, 0.05) is 16.6 Å². The molecule has 138 valence electrons. The second-order valence-electron chi connectivity index (χ2n) is 6.27. The number of carbonyl (C=O) groups is 1. The van der Waals surface area contributed by atoms with Crippen molar-refractivity contribution in [3.05, 3.63) is 69.0 Å². The summed E-state index contributed by atoms with van der Waals surface area (Å²) >= 11 is 18.2. The van der Waals surface area contributed by atoms with Crippen LogP contribution in [0.1, 0.15) is 29.1 Å². The quantitative estimate of drug-likeness (QED) is 0.544. The summed E-state index contributed by atoms with van der Waals surface area (Å²) in [7, 11) is 0. The Hall–Kier alpha value is -2.08. The number of rotatable bonds is 5. The molecule has 0 saturated heterocycles. The smallest absolute Gasteiger partial charge is 0.256 e. The van der Waals surface area contributed by atoms with Crippen LogP contribution in [-0.2, 0) is 6.54 Å². The summed E-state index contributed by atoms with van der Waals surface area (Å²) in [5, 5.41) is 9.37. The van der Waals surface area contributed by atoms with Crippen LogP contribution in [0.15, 0.2) is 46.9 Å². The van der Waals surface area contributed by atoms with E-state index in [1.807, 2.05) is 0 Å². The van der Waals surface area contributed by atoms with Gasteiger partial charge in [-0.1, -0.05) is 40.9 Å². The molecule has 0 unspecified atom stereocenters. The first-order chi connectivity index (χ1) is 13.0. The molecular formula is C19H14Cl3N3O2. The summed E-state index contributed by atoms with van der Waals surface area (Å²) in [6.07, 6.45) is 1.87. The van der Waals surface area contributed by atoms with Crippen LogP contribution in [0.5, 0.6) is 0 Å². The van der Waals surface area contributed by atoms with Gasteiger partial charge in [-0.3, -0.25) is 4.79 Å². The molecule has 1 aliphatic rings. The van der Waals surface area contributed by atoms with Crippen LogP contribution in [0.2, 0.25) is 15.1 Å². The van der Waals surface area contributed by atoms with E-state index < -0.39 is 0 Å². The van der Waals surface area contributed by atoms with Crippen LogP contribution in [-0.4, -0.2) is 27.0 Å². The highest BCUT2D eigenvalue weighted by molar-refractivity contribution is 6.43. The van der Waals surface area contributed by atoms with Gasteiger partial charge in [0.25, 0.3) is 5.91 Å². The lowest BCUT2D eigenvalue weighted by atomic mass is 10.2. The van der Waals surface area contributed by atoms with Crippen molar-refractivity contribution in [1.82, 2.24) is 15.1 Å². The average Bonchev–Trinajstić information content (AvgIpc) is 3.40. The van der Waals surface area contributed by atoms with Crippen molar-refractivity contribution in [3.63, 3.8) is 0 Å². The lowest BCUT2D eigenvalue weighted by molar-refractivity contribution is 0.0714. The molecule has 4 rings (SSSR count). The highest BCUT2D eigenvalue weighted by atomic mass is 35.5. The molecule has 0 radical (unpaired) electrons. The fourth-order valence-electron chi connectivity index (χ4n) is 2.75. The number of hydrogen-bond donors (Lipinski definition) is 0. The molecule has 1 fully saturated rings. The van der Waals surface area contributed by atoms with Crippen molar-refractivity contribution in [2.24, 2.45) is 0 Å². The van der Waals surface area contributed by atoms with E-state index in [1.165, 1.54) is 0 Å². The molecule has 0 spiro atoms. The van der Waals surface area contributed by atoms with Gasteiger partial charge in [-0.2, -0.15) is 0 Å². The van der Waals surface area contributed by atoms with E-state index in [1.54, 1.807) is 47.4 Å². The first-order valence-corrected chi connectivity index (χ1v) is 9.49. The van der Waals surface area contributed by atoms with Crippen molar-refractivity contribution in [1.29, 1.82) is 0 Å². The molecule has 0 aliphatic heterocycles. The van der Waals surface area contributed by atoms with Gasteiger partial charge in [0.15, 0.2) is 0 Å². The maximum Gasteiger partial charge on any atom is 0.256 e.